The predicted octanol–water partition coefficient (Wildman–Crippen LogP) is 4.74. The number of hydrogen-bond acceptors (Lipinski definition) is 2. The van der Waals surface area contributed by atoms with Crippen LogP contribution in [-0.4, -0.2) is 6.54 Å². The van der Waals surface area contributed by atoms with Gasteiger partial charge in [-0.05, 0) is 47.1 Å². The summed E-state index contributed by atoms with van der Waals surface area (Å²) in [6, 6.07) is 10.9. The van der Waals surface area contributed by atoms with Crippen LogP contribution >= 0.6 is 27.3 Å². The molecule has 1 N–H and O–H groups in total. The van der Waals surface area contributed by atoms with Gasteiger partial charge in [0.25, 0.3) is 0 Å². The Balaban J connectivity index is 2.33. The maximum Gasteiger partial charge on any atom is 0.128 e. The molecule has 0 amide bonds. The van der Waals surface area contributed by atoms with Crippen molar-refractivity contribution in [3.8, 4) is 0 Å². The summed E-state index contributed by atoms with van der Waals surface area (Å²) in [4.78, 5) is 1.13. The minimum Gasteiger partial charge on any atom is -0.306 e. The van der Waals surface area contributed by atoms with Gasteiger partial charge >= 0.3 is 0 Å². The van der Waals surface area contributed by atoms with E-state index < -0.39 is 0 Å². The topological polar surface area (TPSA) is 12.0 Å². The SMILES string of the molecule is CCCNC(c1ccc(Br)s1)c1ccccc1F. The van der Waals surface area contributed by atoms with Crippen LogP contribution in [0, 0.1) is 5.82 Å². The summed E-state index contributed by atoms with van der Waals surface area (Å²) in [6.45, 7) is 2.98. The minimum atomic E-state index is -0.157. The van der Waals surface area contributed by atoms with Gasteiger partial charge < -0.3 is 5.32 Å². The highest BCUT2D eigenvalue weighted by Crippen LogP contribution is 2.32. The van der Waals surface area contributed by atoms with E-state index in [0.717, 1.165) is 21.6 Å². The Morgan fingerprint density at radius 2 is 2.06 bits per heavy atom. The third-order valence-electron chi connectivity index (χ3n) is 2.69. The highest BCUT2D eigenvalue weighted by atomic mass is 79.9. The van der Waals surface area contributed by atoms with E-state index in [0.29, 0.717) is 5.56 Å². The summed E-state index contributed by atoms with van der Waals surface area (Å²) >= 11 is 5.09. The largest absolute Gasteiger partial charge is 0.306 e. The molecule has 96 valence electrons. The standard InChI is InChI=1S/C14H15BrFNS/c1-2-9-17-14(12-7-8-13(15)18-12)10-5-3-4-6-11(10)16/h3-8,14,17H,2,9H2,1H3. The highest BCUT2D eigenvalue weighted by Gasteiger charge is 2.18. The minimum absolute atomic E-state index is 0.0672. The van der Waals surface area contributed by atoms with Crippen LogP contribution in [0.25, 0.3) is 0 Å². The molecule has 0 saturated heterocycles. The highest BCUT2D eigenvalue weighted by molar-refractivity contribution is 9.11. The molecule has 2 aromatic rings. The summed E-state index contributed by atoms with van der Waals surface area (Å²) in [5, 5.41) is 3.41. The Hall–Kier alpha value is -0.710. The zero-order chi connectivity index (χ0) is 13.0. The summed E-state index contributed by atoms with van der Waals surface area (Å²) in [5.74, 6) is -0.157. The van der Waals surface area contributed by atoms with Crippen molar-refractivity contribution >= 4 is 27.3 Å². The van der Waals surface area contributed by atoms with Gasteiger partial charge in [-0.3, -0.25) is 0 Å². The quantitative estimate of drug-likeness (QED) is 0.836. The molecule has 2 rings (SSSR count). The Labute approximate surface area is 119 Å². The summed E-state index contributed by atoms with van der Waals surface area (Å²) in [5.41, 5.74) is 0.709. The second-order valence-corrected chi connectivity index (χ2v) is 6.55. The predicted molar refractivity (Wildman–Crippen MR) is 78.6 cm³/mol. The lowest BCUT2D eigenvalue weighted by Gasteiger charge is -2.18. The Kier molecular flexibility index (Phi) is 4.92. The Bertz CT molecular complexity index is 512. The van der Waals surface area contributed by atoms with Gasteiger partial charge in [0.2, 0.25) is 0 Å². The molecule has 1 unspecified atom stereocenters. The third kappa shape index (κ3) is 3.19. The van der Waals surface area contributed by atoms with Gasteiger partial charge in [-0.15, -0.1) is 11.3 Å². The summed E-state index contributed by atoms with van der Waals surface area (Å²) < 4.78 is 15.0. The second kappa shape index (κ2) is 6.45. The smallest absolute Gasteiger partial charge is 0.128 e. The molecule has 4 heteroatoms. The first kappa shape index (κ1) is 13.7. The third-order valence-corrected chi connectivity index (χ3v) is 4.38. The average molecular weight is 328 g/mol. The van der Waals surface area contributed by atoms with Crippen molar-refractivity contribution in [2.24, 2.45) is 0 Å². The van der Waals surface area contributed by atoms with E-state index in [2.05, 4.69) is 28.2 Å². The fourth-order valence-corrected chi connectivity index (χ4v) is 3.36. The van der Waals surface area contributed by atoms with Crippen LogP contribution in [0.15, 0.2) is 40.2 Å². The van der Waals surface area contributed by atoms with Crippen LogP contribution < -0.4 is 5.32 Å². The molecular formula is C14H15BrFNS. The summed E-state index contributed by atoms with van der Waals surface area (Å²) in [6.07, 6.45) is 1.03. The van der Waals surface area contributed by atoms with Gasteiger partial charge in [-0.1, -0.05) is 25.1 Å². The molecule has 0 saturated carbocycles. The van der Waals surface area contributed by atoms with Gasteiger partial charge in [0.15, 0.2) is 0 Å². The van der Waals surface area contributed by atoms with Crippen LogP contribution in [0.4, 0.5) is 4.39 Å². The van der Waals surface area contributed by atoms with E-state index in [-0.39, 0.29) is 11.9 Å². The van der Waals surface area contributed by atoms with Crippen LogP contribution in [0.5, 0.6) is 0 Å². The van der Waals surface area contributed by atoms with Gasteiger partial charge in [-0.2, -0.15) is 0 Å². The van der Waals surface area contributed by atoms with Crippen molar-refractivity contribution < 1.29 is 4.39 Å². The van der Waals surface area contributed by atoms with Crippen molar-refractivity contribution in [3.63, 3.8) is 0 Å². The Morgan fingerprint density at radius 3 is 2.67 bits per heavy atom. The van der Waals surface area contributed by atoms with Crippen molar-refractivity contribution in [1.82, 2.24) is 5.32 Å². The monoisotopic (exact) mass is 327 g/mol. The molecule has 0 bridgehead atoms. The fraction of sp³-hybridized carbons (Fsp3) is 0.286. The molecule has 1 aromatic carbocycles. The maximum absolute atomic E-state index is 13.9. The van der Waals surface area contributed by atoms with E-state index in [1.54, 1.807) is 17.4 Å². The molecule has 0 aliphatic heterocycles. The van der Waals surface area contributed by atoms with Gasteiger partial charge in [0, 0.05) is 10.4 Å². The molecule has 0 fully saturated rings. The second-order valence-electron chi connectivity index (χ2n) is 4.05. The molecule has 1 aromatic heterocycles. The van der Waals surface area contributed by atoms with Crippen LogP contribution in [0.1, 0.15) is 29.8 Å². The van der Waals surface area contributed by atoms with E-state index in [1.807, 2.05) is 24.3 Å². The lowest BCUT2D eigenvalue weighted by atomic mass is 10.0. The van der Waals surface area contributed by atoms with Crippen LogP contribution in [0.3, 0.4) is 0 Å². The zero-order valence-corrected chi connectivity index (χ0v) is 12.5. The normalized spacial score (nSPS) is 12.6. The lowest BCUT2D eigenvalue weighted by molar-refractivity contribution is 0.551. The molecule has 1 atom stereocenters. The van der Waals surface area contributed by atoms with E-state index in [4.69, 9.17) is 0 Å². The first-order valence-electron chi connectivity index (χ1n) is 5.95. The van der Waals surface area contributed by atoms with Crippen LogP contribution in [0.2, 0.25) is 0 Å². The Morgan fingerprint density at radius 1 is 1.28 bits per heavy atom. The molecule has 0 aliphatic carbocycles. The van der Waals surface area contributed by atoms with E-state index in [9.17, 15) is 4.39 Å². The molecule has 0 aliphatic rings. The number of rotatable bonds is 5. The fourth-order valence-electron chi connectivity index (χ4n) is 1.85. The average Bonchev–Trinajstić information content (AvgIpc) is 2.78. The molecule has 1 nitrogen and oxygen atoms in total. The zero-order valence-electron chi connectivity index (χ0n) is 10.1. The molecule has 18 heavy (non-hydrogen) atoms. The van der Waals surface area contributed by atoms with Crippen LogP contribution in [-0.2, 0) is 0 Å². The first-order valence-corrected chi connectivity index (χ1v) is 7.56. The van der Waals surface area contributed by atoms with E-state index in [1.165, 1.54) is 6.07 Å². The number of hydrogen-bond donors (Lipinski definition) is 1. The van der Waals surface area contributed by atoms with E-state index >= 15 is 0 Å². The van der Waals surface area contributed by atoms with Crippen molar-refractivity contribution in [1.29, 1.82) is 0 Å². The van der Waals surface area contributed by atoms with Gasteiger partial charge in [0.05, 0.1) is 9.83 Å². The van der Waals surface area contributed by atoms with Crippen molar-refractivity contribution in [2.45, 2.75) is 19.4 Å². The number of benzene rings is 1. The summed E-state index contributed by atoms with van der Waals surface area (Å²) in [7, 11) is 0. The molecule has 0 spiro atoms. The number of thiophene rings is 1. The molecule has 1 heterocycles. The van der Waals surface area contributed by atoms with Crippen molar-refractivity contribution in [2.75, 3.05) is 6.54 Å². The van der Waals surface area contributed by atoms with Crippen molar-refractivity contribution in [3.05, 3.63) is 56.4 Å². The maximum atomic E-state index is 13.9. The number of halogens is 2. The number of nitrogens with one attached hydrogen (secondary N) is 1. The molecular weight excluding hydrogens is 313 g/mol. The lowest BCUT2D eigenvalue weighted by Crippen LogP contribution is -2.23. The van der Waals surface area contributed by atoms with Gasteiger partial charge in [0.1, 0.15) is 5.82 Å². The first-order chi connectivity index (χ1) is 8.72. The van der Waals surface area contributed by atoms with Gasteiger partial charge in [-0.25, -0.2) is 4.39 Å². The molecule has 0 radical (unpaired) electrons.